The zero-order valence-electron chi connectivity index (χ0n) is 15.6. The van der Waals surface area contributed by atoms with Crippen molar-refractivity contribution in [2.24, 2.45) is 0 Å². The lowest BCUT2D eigenvalue weighted by atomic mass is 10.2. The number of aromatic nitrogens is 2. The minimum absolute atomic E-state index is 0.0130. The zero-order chi connectivity index (χ0) is 22.2. The van der Waals surface area contributed by atoms with E-state index >= 15 is 0 Å². The van der Waals surface area contributed by atoms with Crippen molar-refractivity contribution >= 4 is 39.2 Å². The minimum Gasteiger partial charge on any atom is -0.452 e. The van der Waals surface area contributed by atoms with Gasteiger partial charge < -0.3 is 9.26 Å². The summed E-state index contributed by atoms with van der Waals surface area (Å²) in [6.07, 6.45) is 1.48. The van der Waals surface area contributed by atoms with Crippen LogP contribution in [0.25, 0.3) is 11.4 Å². The van der Waals surface area contributed by atoms with Crippen LogP contribution in [0.15, 0.2) is 45.8 Å². The first kappa shape index (κ1) is 21.7. The Labute approximate surface area is 186 Å². The highest BCUT2D eigenvalue weighted by atomic mass is 35.5. The molecule has 162 valence electrons. The second-order valence-electron chi connectivity index (χ2n) is 6.75. The van der Waals surface area contributed by atoms with E-state index in [0.717, 1.165) is 18.9 Å². The van der Waals surface area contributed by atoms with Crippen LogP contribution < -0.4 is 4.72 Å². The predicted octanol–water partition coefficient (Wildman–Crippen LogP) is 3.98. The van der Waals surface area contributed by atoms with Crippen LogP contribution in [0.5, 0.6) is 0 Å². The summed E-state index contributed by atoms with van der Waals surface area (Å²) in [4.78, 5) is 16.3. The fourth-order valence-corrected chi connectivity index (χ4v) is 4.77. The van der Waals surface area contributed by atoms with Gasteiger partial charge >= 0.3 is 5.97 Å². The second kappa shape index (κ2) is 8.54. The Morgan fingerprint density at radius 2 is 1.90 bits per heavy atom. The SMILES string of the molecule is O=C(OCc1nc(-c2ccc(F)cc2)no1)c1cc(S(=O)(=O)NC2CC2)c(Cl)cc1Cl. The van der Waals surface area contributed by atoms with E-state index in [9.17, 15) is 17.6 Å². The highest BCUT2D eigenvalue weighted by Crippen LogP contribution is 2.31. The smallest absolute Gasteiger partial charge is 0.340 e. The maximum atomic E-state index is 13.0. The van der Waals surface area contributed by atoms with Gasteiger partial charge in [0, 0.05) is 11.6 Å². The summed E-state index contributed by atoms with van der Waals surface area (Å²) < 4.78 is 50.6. The molecule has 1 aliphatic rings. The van der Waals surface area contributed by atoms with E-state index < -0.39 is 21.8 Å². The highest BCUT2D eigenvalue weighted by molar-refractivity contribution is 7.89. The normalized spacial score (nSPS) is 13.9. The van der Waals surface area contributed by atoms with Crippen LogP contribution in [-0.4, -0.2) is 30.6 Å². The molecular weight excluding hydrogens is 472 g/mol. The van der Waals surface area contributed by atoms with E-state index in [0.29, 0.717) is 5.56 Å². The molecule has 0 radical (unpaired) electrons. The summed E-state index contributed by atoms with van der Waals surface area (Å²) in [5.41, 5.74) is 0.335. The molecule has 1 aromatic heterocycles. The third kappa shape index (κ3) is 5.04. The van der Waals surface area contributed by atoms with E-state index in [1.165, 1.54) is 30.3 Å². The van der Waals surface area contributed by atoms with Crippen LogP contribution in [-0.2, 0) is 21.4 Å². The summed E-state index contributed by atoms with van der Waals surface area (Å²) in [6, 6.07) is 7.54. The van der Waals surface area contributed by atoms with Crippen molar-refractivity contribution in [3.8, 4) is 11.4 Å². The van der Waals surface area contributed by atoms with Crippen molar-refractivity contribution in [2.75, 3.05) is 0 Å². The molecule has 0 spiro atoms. The van der Waals surface area contributed by atoms with Gasteiger partial charge in [0.2, 0.25) is 15.8 Å². The molecule has 3 aromatic rings. The molecule has 8 nitrogen and oxygen atoms in total. The fraction of sp³-hybridized carbons (Fsp3) is 0.211. The number of halogens is 3. The van der Waals surface area contributed by atoms with Crippen molar-refractivity contribution in [2.45, 2.75) is 30.4 Å². The van der Waals surface area contributed by atoms with Gasteiger partial charge in [-0.05, 0) is 49.2 Å². The lowest BCUT2D eigenvalue weighted by Gasteiger charge is -2.11. The maximum Gasteiger partial charge on any atom is 0.340 e. The number of ether oxygens (including phenoxy) is 1. The van der Waals surface area contributed by atoms with E-state index in [1.807, 2.05) is 0 Å². The molecule has 0 aliphatic heterocycles. The van der Waals surface area contributed by atoms with Gasteiger partial charge in [0.15, 0.2) is 6.61 Å². The molecule has 31 heavy (non-hydrogen) atoms. The average molecular weight is 486 g/mol. The van der Waals surface area contributed by atoms with Crippen LogP contribution >= 0.6 is 23.2 Å². The van der Waals surface area contributed by atoms with E-state index in [2.05, 4.69) is 14.9 Å². The molecule has 4 rings (SSSR count). The summed E-state index contributed by atoms with van der Waals surface area (Å²) in [5.74, 6) is -1.13. The van der Waals surface area contributed by atoms with E-state index in [4.69, 9.17) is 32.5 Å². The highest BCUT2D eigenvalue weighted by Gasteiger charge is 2.30. The Morgan fingerprint density at radius 1 is 1.19 bits per heavy atom. The first-order chi connectivity index (χ1) is 14.7. The number of benzene rings is 2. The predicted molar refractivity (Wildman–Crippen MR) is 109 cm³/mol. The van der Waals surface area contributed by atoms with Crippen molar-refractivity contribution < 1.29 is 26.9 Å². The van der Waals surface area contributed by atoms with Gasteiger partial charge in [0.25, 0.3) is 5.89 Å². The number of esters is 1. The number of rotatable bonds is 7. The van der Waals surface area contributed by atoms with Crippen molar-refractivity contribution in [1.82, 2.24) is 14.9 Å². The summed E-state index contributed by atoms with van der Waals surface area (Å²) in [7, 11) is -3.91. The van der Waals surface area contributed by atoms with Crippen molar-refractivity contribution in [3.05, 3.63) is 63.7 Å². The monoisotopic (exact) mass is 485 g/mol. The number of carbonyl (C=O) groups is 1. The Morgan fingerprint density at radius 3 is 2.58 bits per heavy atom. The molecule has 1 saturated carbocycles. The number of hydrogen-bond acceptors (Lipinski definition) is 7. The summed E-state index contributed by atoms with van der Waals surface area (Å²) in [5, 5.41) is 3.56. The van der Waals surface area contributed by atoms with Gasteiger partial charge in [-0.15, -0.1) is 0 Å². The maximum absolute atomic E-state index is 13.0. The summed E-state index contributed by atoms with van der Waals surface area (Å²) >= 11 is 12.1. The zero-order valence-corrected chi connectivity index (χ0v) is 18.0. The van der Waals surface area contributed by atoms with Gasteiger partial charge in [-0.2, -0.15) is 4.98 Å². The molecule has 1 aliphatic carbocycles. The van der Waals surface area contributed by atoms with Gasteiger partial charge in [-0.1, -0.05) is 28.4 Å². The molecule has 2 aromatic carbocycles. The van der Waals surface area contributed by atoms with Crippen molar-refractivity contribution in [1.29, 1.82) is 0 Å². The fourth-order valence-electron chi connectivity index (χ4n) is 2.61. The molecule has 0 bridgehead atoms. The number of nitrogens with zero attached hydrogens (tertiary/aromatic N) is 2. The lowest BCUT2D eigenvalue weighted by Crippen LogP contribution is -2.26. The minimum atomic E-state index is -3.91. The largest absolute Gasteiger partial charge is 0.452 e. The van der Waals surface area contributed by atoms with Crippen LogP contribution in [0, 0.1) is 5.82 Å². The van der Waals surface area contributed by atoms with Crippen LogP contribution in [0.1, 0.15) is 29.1 Å². The topological polar surface area (TPSA) is 111 Å². The van der Waals surface area contributed by atoms with Gasteiger partial charge in [0.05, 0.1) is 15.6 Å². The second-order valence-corrected chi connectivity index (χ2v) is 9.25. The molecule has 12 heteroatoms. The molecule has 1 heterocycles. The third-order valence-electron chi connectivity index (χ3n) is 4.33. The van der Waals surface area contributed by atoms with Gasteiger partial charge in [0.1, 0.15) is 10.7 Å². The number of hydrogen-bond donors (Lipinski definition) is 1. The van der Waals surface area contributed by atoms with Crippen molar-refractivity contribution in [3.63, 3.8) is 0 Å². The molecule has 0 unspecified atom stereocenters. The van der Waals surface area contributed by atoms with E-state index in [-0.39, 0.29) is 44.9 Å². The third-order valence-corrected chi connectivity index (χ3v) is 6.63. The standard InChI is InChI=1S/C19H14Cl2FN3O5S/c20-14-8-15(21)16(31(27,28)25-12-5-6-12)7-13(14)19(26)29-9-17-23-18(24-30-17)10-1-3-11(22)4-2-10/h1-4,7-8,12,25H,5-6,9H2. The lowest BCUT2D eigenvalue weighted by molar-refractivity contribution is 0.0429. The van der Waals surface area contributed by atoms with Crippen LogP contribution in [0.2, 0.25) is 10.0 Å². The van der Waals surface area contributed by atoms with Gasteiger partial charge in [-0.3, -0.25) is 0 Å². The Hall–Kier alpha value is -2.53. The van der Waals surface area contributed by atoms with E-state index in [1.54, 1.807) is 0 Å². The molecular formula is C19H14Cl2FN3O5S. The van der Waals surface area contributed by atoms with Crippen LogP contribution in [0.3, 0.4) is 0 Å². The molecule has 1 fully saturated rings. The number of nitrogens with one attached hydrogen (secondary N) is 1. The molecule has 0 atom stereocenters. The first-order valence-electron chi connectivity index (χ1n) is 9.00. The Bertz CT molecular complexity index is 1240. The number of carbonyl (C=O) groups excluding carboxylic acids is 1. The summed E-state index contributed by atoms with van der Waals surface area (Å²) in [6.45, 7) is -0.381. The Kier molecular flexibility index (Phi) is 5.98. The number of sulfonamides is 1. The first-order valence-corrected chi connectivity index (χ1v) is 11.2. The Balaban J connectivity index is 1.48. The molecule has 0 amide bonds. The molecule has 1 N–H and O–H groups in total. The quantitative estimate of drug-likeness (QED) is 0.503. The molecule has 0 saturated heterocycles. The van der Waals surface area contributed by atoms with Crippen LogP contribution in [0.4, 0.5) is 4.39 Å². The average Bonchev–Trinajstić information content (AvgIpc) is 3.38. The van der Waals surface area contributed by atoms with Gasteiger partial charge in [-0.25, -0.2) is 22.3 Å².